The maximum Gasteiger partial charge on any atom is 3.00 e. The average Bonchev–Trinajstić information content (AvgIpc) is 0.722. The molecule has 16 N–H and O–H groups in total. The molecule has 0 aromatic rings. The SMILES string of the molecule is O.O.O.O.O.O.O.O.O=S(=O)([O-])[O-].[Gd+3]. The van der Waals surface area contributed by atoms with Crippen molar-refractivity contribution >= 4 is 10.4 Å². The first kappa shape index (κ1) is 121. The average molecular weight is 397 g/mol. The molecule has 0 amide bonds. The standard InChI is InChI=1S/Gd.H2O4S.8H2O/c;1-5(2,3)4;;;;;;;;/h;(H2,1,2,3,4);8*1H2/q+3;;;;;;;;;/p-2. The van der Waals surface area contributed by atoms with Gasteiger partial charge >= 0.3 is 39.9 Å². The molecule has 101 valence electrons. The fourth-order valence-electron chi connectivity index (χ4n) is 0. The summed E-state index contributed by atoms with van der Waals surface area (Å²) in [4.78, 5) is 0. The van der Waals surface area contributed by atoms with Crippen molar-refractivity contribution in [2.45, 2.75) is 0 Å². The molecule has 0 saturated heterocycles. The van der Waals surface area contributed by atoms with E-state index >= 15 is 0 Å². The Bertz CT molecular complexity index is 93.5. The van der Waals surface area contributed by atoms with Gasteiger partial charge in [-0.25, -0.2) is 0 Å². The van der Waals surface area contributed by atoms with Crippen LogP contribution in [0.5, 0.6) is 0 Å². The first-order valence-electron chi connectivity index (χ1n) is 0.667. The van der Waals surface area contributed by atoms with Crippen molar-refractivity contribution in [1.29, 1.82) is 0 Å². The fraction of sp³-hybridized carbons (Fsp3) is 0. The first-order valence-corrected chi connectivity index (χ1v) is 2.00. The number of hydrogen-bond acceptors (Lipinski definition) is 4. The molecule has 0 saturated carbocycles. The molecular formula is H16GdO12S+. The van der Waals surface area contributed by atoms with Crippen LogP contribution in [-0.4, -0.2) is 61.3 Å². The molecule has 0 aromatic carbocycles. The molecular weight excluding hydrogens is 381 g/mol. The monoisotopic (exact) mass is 398 g/mol. The second-order valence-electron chi connectivity index (χ2n) is 0.408. The fourth-order valence-corrected chi connectivity index (χ4v) is 0. The Labute approximate surface area is 111 Å². The van der Waals surface area contributed by atoms with Crippen LogP contribution in [0, 0.1) is 39.9 Å². The molecule has 12 nitrogen and oxygen atoms in total. The summed E-state index contributed by atoms with van der Waals surface area (Å²) in [5, 5.41) is 0. The second-order valence-corrected chi connectivity index (χ2v) is 1.22. The largest absolute Gasteiger partial charge is 3.00 e. The van der Waals surface area contributed by atoms with Crippen LogP contribution in [-0.2, 0) is 10.4 Å². The maximum absolute atomic E-state index is 8.52. The van der Waals surface area contributed by atoms with E-state index in [1.165, 1.54) is 0 Å². The van der Waals surface area contributed by atoms with Gasteiger partial charge in [0.2, 0.25) is 0 Å². The van der Waals surface area contributed by atoms with Gasteiger partial charge in [-0.2, -0.15) is 0 Å². The van der Waals surface area contributed by atoms with Crippen molar-refractivity contribution in [2.24, 2.45) is 0 Å². The Morgan fingerprint density at radius 2 is 0.571 bits per heavy atom. The van der Waals surface area contributed by atoms with Crippen LogP contribution in [0.15, 0.2) is 0 Å². The third-order valence-corrected chi connectivity index (χ3v) is 0. The van der Waals surface area contributed by atoms with E-state index in [4.69, 9.17) is 17.5 Å². The van der Waals surface area contributed by atoms with E-state index in [9.17, 15) is 0 Å². The predicted octanol–water partition coefficient (Wildman–Crippen LogP) is -7.94. The zero-order valence-electron chi connectivity index (χ0n) is 6.39. The summed E-state index contributed by atoms with van der Waals surface area (Å²) in [6.07, 6.45) is 0. The maximum atomic E-state index is 8.52. The molecule has 0 bridgehead atoms. The van der Waals surface area contributed by atoms with E-state index < -0.39 is 10.4 Å². The van der Waals surface area contributed by atoms with Gasteiger partial charge in [0.1, 0.15) is 0 Å². The molecule has 14 heavy (non-hydrogen) atoms. The van der Waals surface area contributed by atoms with Gasteiger partial charge in [0.05, 0.1) is 0 Å². The third kappa shape index (κ3) is 2370. The minimum atomic E-state index is -5.17. The van der Waals surface area contributed by atoms with Gasteiger partial charge in [-0.15, -0.1) is 0 Å². The van der Waals surface area contributed by atoms with Crippen LogP contribution in [0.2, 0.25) is 0 Å². The molecule has 0 atom stereocenters. The Balaban J connectivity index is -0.00000000222. The smallest absolute Gasteiger partial charge is 0.759 e. The van der Waals surface area contributed by atoms with Crippen molar-refractivity contribution in [3.8, 4) is 0 Å². The van der Waals surface area contributed by atoms with Crippen molar-refractivity contribution < 1.29 is 101 Å². The van der Waals surface area contributed by atoms with Gasteiger partial charge in [0.25, 0.3) is 0 Å². The Kier molecular flexibility index (Phi) is 419. The topological polar surface area (TPSA) is 332 Å². The van der Waals surface area contributed by atoms with Crippen LogP contribution < -0.4 is 0 Å². The summed E-state index contributed by atoms with van der Waals surface area (Å²) >= 11 is 0. The van der Waals surface area contributed by atoms with Crippen molar-refractivity contribution in [2.75, 3.05) is 0 Å². The first-order chi connectivity index (χ1) is 2.00. The van der Waals surface area contributed by atoms with E-state index in [1.54, 1.807) is 0 Å². The van der Waals surface area contributed by atoms with Crippen LogP contribution in [0.4, 0.5) is 0 Å². The summed E-state index contributed by atoms with van der Waals surface area (Å²) in [5.74, 6) is 0. The molecule has 14 heteroatoms. The van der Waals surface area contributed by atoms with Gasteiger partial charge in [-0.1, -0.05) is 0 Å². The van der Waals surface area contributed by atoms with Gasteiger partial charge in [0, 0.05) is 10.4 Å². The quantitative estimate of drug-likeness (QED) is 0.283. The predicted molar refractivity (Wildman–Crippen MR) is 39.4 cm³/mol. The Morgan fingerprint density at radius 1 is 0.571 bits per heavy atom. The minimum Gasteiger partial charge on any atom is -0.759 e. The normalized spacial score (nSPS) is 4.14. The van der Waals surface area contributed by atoms with Crippen LogP contribution >= 0.6 is 0 Å². The van der Waals surface area contributed by atoms with Crippen molar-refractivity contribution in [1.82, 2.24) is 0 Å². The summed E-state index contributed by atoms with van der Waals surface area (Å²) in [6.45, 7) is 0. The Hall–Kier alpha value is 0.875. The zero-order valence-corrected chi connectivity index (χ0v) is 9.48. The van der Waals surface area contributed by atoms with Crippen molar-refractivity contribution in [3.05, 3.63) is 0 Å². The van der Waals surface area contributed by atoms with E-state index in [0.29, 0.717) is 0 Å². The van der Waals surface area contributed by atoms with E-state index in [-0.39, 0.29) is 83.7 Å². The van der Waals surface area contributed by atoms with E-state index in [0.717, 1.165) is 0 Å². The molecule has 0 aliphatic carbocycles. The Morgan fingerprint density at radius 3 is 0.571 bits per heavy atom. The van der Waals surface area contributed by atoms with Crippen LogP contribution in [0.1, 0.15) is 0 Å². The molecule has 0 fully saturated rings. The van der Waals surface area contributed by atoms with E-state index in [2.05, 4.69) is 0 Å². The molecule has 0 unspecified atom stereocenters. The molecule has 1 radical (unpaired) electrons. The number of rotatable bonds is 0. The third-order valence-electron chi connectivity index (χ3n) is 0. The summed E-state index contributed by atoms with van der Waals surface area (Å²) < 4.78 is 34.1. The summed E-state index contributed by atoms with van der Waals surface area (Å²) in [6, 6.07) is 0. The molecule has 0 spiro atoms. The number of hydrogen-bond donors (Lipinski definition) is 0. The molecule has 0 aliphatic rings. The summed E-state index contributed by atoms with van der Waals surface area (Å²) in [7, 11) is -5.17. The molecule has 0 aromatic heterocycles. The van der Waals surface area contributed by atoms with Gasteiger partial charge in [-0.3, -0.25) is 8.42 Å². The molecule has 0 rings (SSSR count). The van der Waals surface area contributed by atoms with Gasteiger partial charge < -0.3 is 52.9 Å². The van der Waals surface area contributed by atoms with Gasteiger partial charge in [-0.05, 0) is 0 Å². The second kappa shape index (κ2) is 48.7. The van der Waals surface area contributed by atoms with Crippen LogP contribution in [0.25, 0.3) is 0 Å². The van der Waals surface area contributed by atoms with Gasteiger partial charge in [0.15, 0.2) is 0 Å². The van der Waals surface area contributed by atoms with Crippen LogP contribution in [0.3, 0.4) is 0 Å². The zero-order chi connectivity index (χ0) is 4.50. The van der Waals surface area contributed by atoms with E-state index in [1.807, 2.05) is 0 Å². The minimum absolute atomic E-state index is 0. The molecule has 0 heterocycles. The summed E-state index contributed by atoms with van der Waals surface area (Å²) in [5.41, 5.74) is 0. The van der Waals surface area contributed by atoms with Crippen molar-refractivity contribution in [3.63, 3.8) is 0 Å². The molecule has 0 aliphatic heterocycles.